The van der Waals surface area contributed by atoms with E-state index in [0.29, 0.717) is 29.5 Å². The van der Waals surface area contributed by atoms with Gasteiger partial charge in [-0.2, -0.15) is 0 Å². The van der Waals surface area contributed by atoms with Crippen LogP contribution in [0.15, 0.2) is 36.7 Å². The van der Waals surface area contributed by atoms with E-state index in [0.717, 1.165) is 11.8 Å². The van der Waals surface area contributed by atoms with Crippen molar-refractivity contribution in [1.82, 2.24) is 4.98 Å². The zero-order valence-electron chi connectivity index (χ0n) is 11.1. The van der Waals surface area contributed by atoms with Crippen molar-refractivity contribution < 1.29 is 13.9 Å². The summed E-state index contributed by atoms with van der Waals surface area (Å²) in [5, 5.41) is 0. The number of hydrogen-bond acceptors (Lipinski definition) is 3. The fourth-order valence-electron chi connectivity index (χ4n) is 1.79. The van der Waals surface area contributed by atoms with Crippen molar-refractivity contribution >= 4 is 11.6 Å². The maximum absolute atomic E-state index is 13.1. The Labute approximate surface area is 122 Å². The lowest BCUT2D eigenvalue weighted by Gasteiger charge is -2.14. The average Bonchev–Trinajstić information content (AvgIpc) is 2.46. The number of benzene rings is 1. The van der Waals surface area contributed by atoms with Crippen molar-refractivity contribution in [1.29, 1.82) is 0 Å². The van der Waals surface area contributed by atoms with Gasteiger partial charge in [-0.05, 0) is 19.1 Å². The van der Waals surface area contributed by atoms with Crippen molar-refractivity contribution in [3.8, 4) is 11.5 Å². The van der Waals surface area contributed by atoms with Gasteiger partial charge < -0.3 is 9.47 Å². The molecule has 0 unspecified atom stereocenters. The van der Waals surface area contributed by atoms with E-state index in [-0.39, 0.29) is 12.4 Å². The second kappa shape index (κ2) is 7.10. The lowest BCUT2D eigenvalue weighted by atomic mass is 10.2. The summed E-state index contributed by atoms with van der Waals surface area (Å²) in [7, 11) is 0. The number of ether oxygens (including phenoxy) is 2. The molecule has 0 N–H and O–H groups in total. The van der Waals surface area contributed by atoms with E-state index in [1.807, 2.05) is 25.1 Å². The van der Waals surface area contributed by atoms with Crippen molar-refractivity contribution in [2.45, 2.75) is 19.4 Å². The number of hydrogen-bond donors (Lipinski definition) is 0. The number of pyridine rings is 1. The Morgan fingerprint density at radius 1 is 1.25 bits per heavy atom. The number of para-hydroxylation sites is 1. The maximum atomic E-state index is 13.1. The molecule has 0 fully saturated rings. The summed E-state index contributed by atoms with van der Waals surface area (Å²) in [6.45, 7) is 2.63. The Bertz CT molecular complexity index is 578. The van der Waals surface area contributed by atoms with Crippen LogP contribution in [-0.4, -0.2) is 11.6 Å². The normalized spacial score (nSPS) is 10.3. The van der Waals surface area contributed by atoms with Crippen LogP contribution in [0.3, 0.4) is 0 Å². The van der Waals surface area contributed by atoms with Gasteiger partial charge in [0.1, 0.15) is 12.4 Å². The number of alkyl halides is 1. The predicted molar refractivity (Wildman–Crippen MR) is 75.7 cm³/mol. The van der Waals surface area contributed by atoms with Gasteiger partial charge in [0.05, 0.1) is 18.7 Å². The number of nitrogens with zero attached hydrogens (tertiary/aromatic N) is 1. The molecular formula is C15H15ClFNO2. The lowest BCUT2D eigenvalue weighted by molar-refractivity contribution is 0.267. The molecule has 0 saturated heterocycles. The van der Waals surface area contributed by atoms with Crippen molar-refractivity contribution in [3.05, 3.63) is 53.6 Å². The van der Waals surface area contributed by atoms with Crippen molar-refractivity contribution in [3.63, 3.8) is 0 Å². The van der Waals surface area contributed by atoms with Crippen LogP contribution in [0.4, 0.5) is 4.39 Å². The van der Waals surface area contributed by atoms with Crippen LogP contribution in [0.1, 0.15) is 18.1 Å². The molecule has 1 aromatic carbocycles. The van der Waals surface area contributed by atoms with Gasteiger partial charge >= 0.3 is 0 Å². The molecule has 0 aliphatic rings. The molecule has 0 radical (unpaired) electrons. The van der Waals surface area contributed by atoms with Crippen LogP contribution < -0.4 is 9.47 Å². The molecule has 0 amide bonds. The molecule has 0 spiro atoms. The van der Waals surface area contributed by atoms with Crippen LogP contribution in [-0.2, 0) is 12.5 Å². The smallest absolute Gasteiger partial charge is 0.166 e. The first-order valence-electron chi connectivity index (χ1n) is 6.27. The van der Waals surface area contributed by atoms with Gasteiger partial charge in [0, 0.05) is 17.3 Å². The average molecular weight is 296 g/mol. The minimum atomic E-state index is -0.387. The second-order valence-corrected chi connectivity index (χ2v) is 4.38. The van der Waals surface area contributed by atoms with Crippen molar-refractivity contribution in [2.75, 3.05) is 6.61 Å². The monoisotopic (exact) mass is 295 g/mol. The fourth-order valence-corrected chi connectivity index (χ4v) is 2.00. The minimum Gasteiger partial charge on any atom is -0.490 e. The summed E-state index contributed by atoms with van der Waals surface area (Å²) >= 11 is 5.90. The van der Waals surface area contributed by atoms with Crippen LogP contribution in [0.25, 0.3) is 0 Å². The van der Waals surface area contributed by atoms with E-state index >= 15 is 0 Å². The third kappa shape index (κ3) is 3.61. The molecule has 20 heavy (non-hydrogen) atoms. The summed E-state index contributed by atoms with van der Waals surface area (Å²) in [6.07, 6.45) is 2.72. The highest BCUT2D eigenvalue weighted by molar-refractivity contribution is 6.17. The number of rotatable bonds is 6. The first-order valence-corrected chi connectivity index (χ1v) is 6.81. The molecule has 5 heteroatoms. The lowest BCUT2D eigenvalue weighted by Crippen LogP contribution is -2.02. The number of halogens is 2. The van der Waals surface area contributed by atoms with E-state index in [2.05, 4.69) is 4.98 Å². The topological polar surface area (TPSA) is 31.4 Å². The Balaban J connectivity index is 2.19. The minimum absolute atomic E-state index is 0.207. The fraction of sp³-hybridized carbons (Fsp3) is 0.267. The molecule has 2 rings (SSSR count). The Kier molecular flexibility index (Phi) is 5.18. The predicted octanol–water partition coefficient (Wildman–Crippen LogP) is 3.94. The third-order valence-electron chi connectivity index (χ3n) is 2.65. The second-order valence-electron chi connectivity index (χ2n) is 4.11. The molecule has 0 atom stereocenters. The summed E-state index contributed by atoms with van der Waals surface area (Å²) < 4.78 is 24.3. The molecule has 1 aromatic heterocycles. The van der Waals surface area contributed by atoms with Gasteiger partial charge in [-0.15, -0.1) is 11.6 Å². The zero-order valence-corrected chi connectivity index (χ0v) is 11.9. The van der Waals surface area contributed by atoms with Gasteiger partial charge in [0.2, 0.25) is 0 Å². The summed E-state index contributed by atoms with van der Waals surface area (Å²) in [6, 6.07) is 6.93. The maximum Gasteiger partial charge on any atom is 0.166 e. The first-order chi connectivity index (χ1) is 9.74. The number of aromatic nitrogens is 1. The van der Waals surface area contributed by atoms with E-state index in [1.54, 1.807) is 6.20 Å². The van der Waals surface area contributed by atoms with E-state index in [9.17, 15) is 4.39 Å². The SMILES string of the molecule is CCOc1cccc(CCl)c1OCc1cncc(F)c1. The Hall–Kier alpha value is -1.81. The largest absolute Gasteiger partial charge is 0.490 e. The molecule has 2 aromatic rings. The first kappa shape index (κ1) is 14.6. The van der Waals surface area contributed by atoms with Crippen LogP contribution in [0.2, 0.25) is 0 Å². The zero-order chi connectivity index (χ0) is 14.4. The Morgan fingerprint density at radius 3 is 2.80 bits per heavy atom. The summed E-state index contributed by atoms with van der Waals surface area (Å²) in [4.78, 5) is 3.79. The molecular weight excluding hydrogens is 281 g/mol. The third-order valence-corrected chi connectivity index (χ3v) is 2.94. The highest BCUT2D eigenvalue weighted by Crippen LogP contribution is 2.33. The van der Waals surface area contributed by atoms with Crippen LogP contribution in [0, 0.1) is 5.82 Å². The molecule has 0 bridgehead atoms. The molecule has 0 aliphatic heterocycles. The molecule has 0 saturated carbocycles. The van der Waals surface area contributed by atoms with Crippen LogP contribution in [0.5, 0.6) is 11.5 Å². The van der Waals surface area contributed by atoms with Gasteiger partial charge in [-0.3, -0.25) is 4.98 Å². The molecule has 1 heterocycles. The Morgan fingerprint density at radius 2 is 2.10 bits per heavy atom. The molecule has 0 aliphatic carbocycles. The quantitative estimate of drug-likeness (QED) is 0.757. The van der Waals surface area contributed by atoms with Crippen molar-refractivity contribution in [2.24, 2.45) is 0 Å². The molecule has 106 valence electrons. The van der Waals surface area contributed by atoms with Gasteiger partial charge in [-0.25, -0.2) is 4.39 Å². The van der Waals surface area contributed by atoms with Crippen LogP contribution >= 0.6 is 11.6 Å². The molecule has 3 nitrogen and oxygen atoms in total. The van der Waals surface area contributed by atoms with Gasteiger partial charge in [0.15, 0.2) is 11.5 Å². The summed E-state index contributed by atoms with van der Waals surface area (Å²) in [5.41, 5.74) is 1.49. The van der Waals surface area contributed by atoms with Gasteiger partial charge in [-0.1, -0.05) is 12.1 Å². The standard InChI is InChI=1S/C15H15ClFNO2/c1-2-19-14-5-3-4-12(7-16)15(14)20-10-11-6-13(17)9-18-8-11/h3-6,8-9H,2,7,10H2,1H3. The highest BCUT2D eigenvalue weighted by Gasteiger charge is 2.11. The van der Waals surface area contributed by atoms with E-state index in [1.165, 1.54) is 6.07 Å². The highest BCUT2D eigenvalue weighted by atomic mass is 35.5. The van der Waals surface area contributed by atoms with E-state index in [4.69, 9.17) is 21.1 Å². The van der Waals surface area contributed by atoms with E-state index < -0.39 is 0 Å². The summed E-state index contributed by atoms with van der Waals surface area (Å²) in [5.74, 6) is 1.16. The van der Waals surface area contributed by atoms with Gasteiger partial charge in [0.25, 0.3) is 0 Å².